The zero-order valence-corrected chi connectivity index (χ0v) is 26.7. The molecule has 0 unspecified atom stereocenters. The minimum absolute atomic E-state index is 0.228. The lowest BCUT2D eigenvalue weighted by Gasteiger charge is -2.11. The molecule has 0 aliphatic carbocycles. The Balaban J connectivity index is 1.45. The Morgan fingerprint density at radius 1 is 0.951 bits per heavy atom. The van der Waals surface area contributed by atoms with Crippen LogP contribution >= 0.6 is 59.4 Å². The molecule has 0 bridgehead atoms. The topological polar surface area (TPSA) is 92.8 Å². The van der Waals surface area contributed by atoms with Crippen LogP contribution in [0.4, 0.5) is 0 Å². The van der Waals surface area contributed by atoms with Crippen LogP contribution in [-0.2, 0) is 0 Å². The molecule has 7 nitrogen and oxygen atoms in total. The van der Waals surface area contributed by atoms with Crippen molar-refractivity contribution in [3.8, 4) is 22.6 Å². The molecule has 0 aliphatic rings. The number of hydrogen-bond acceptors (Lipinski definition) is 5. The lowest BCUT2D eigenvalue weighted by molar-refractivity contribution is 0.0732. The minimum Gasteiger partial charge on any atom is -0.497 e. The summed E-state index contributed by atoms with van der Waals surface area (Å²) in [4.78, 5) is 29.5. The summed E-state index contributed by atoms with van der Waals surface area (Å²) in [5.74, 6) is -0.308. The number of carbonyl (C=O) groups excluding carboxylic acids is 2. The summed E-state index contributed by atoms with van der Waals surface area (Å²) < 4.78 is 13.0. The van der Waals surface area contributed by atoms with Crippen LogP contribution in [0.3, 0.4) is 0 Å². The highest BCUT2D eigenvalue weighted by Gasteiger charge is 2.21. The third-order valence-corrected chi connectivity index (χ3v) is 7.91. The van der Waals surface area contributed by atoms with Gasteiger partial charge in [0.1, 0.15) is 11.4 Å². The Kier molecular flexibility index (Phi) is 8.94. The van der Waals surface area contributed by atoms with E-state index in [0.717, 1.165) is 15.4 Å². The molecule has 5 rings (SSSR count). The maximum atomic E-state index is 13.4. The van der Waals surface area contributed by atoms with Crippen molar-refractivity contribution >= 4 is 88.4 Å². The van der Waals surface area contributed by atoms with Crippen LogP contribution in [0, 0.1) is 0 Å². The lowest BCUT2D eigenvalue weighted by atomic mass is 10.0. The number of methoxy groups -OCH3 is 1. The molecule has 0 aliphatic heterocycles. The maximum Gasteiger partial charge on any atom is 0.343 e. The lowest BCUT2D eigenvalue weighted by Crippen LogP contribution is -2.19. The molecular weight excluding hydrogens is 742 g/mol. The number of fused-ring (bicyclic) bond motifs is 1. The molecule has 206 valence electrons. The van der Waals surface area contributed by atoms with Crippen LogP contribution in [0.15, 0.2) is 97.4 Å². The van der Waals surface area contributed by atoms with E-state index in [9.17, 15) is 9.59 Å². The number of esters is 1. The van der Waals surface area contributed by atoms with Gasteiger partial charge in [-0.1, -0.05) is 67.7 Å². The van der Waals surface area contributed by atoms with Gasteiger partial charge in [0.2, 0.25) is 0 Å². The van der Waals surface area contributed by atoms with Crippen molar-refractivity contribution in [2.75, 3.05) is 7.11 Å². The molecule has 0 atom stereocenters. The molecule has 4 aromatic carbocycles. The smallest absolute Gasteiger partial charge is 0.343 e. The van der Waals surface area contributed by atoms with Gasteiger partial charge in [0, 0.05) is 41.6 Å². The summed E-state index contributed by atoms with van der Waals surface area (Å²) in [7, 11) is 1.52. The van der Waals surface area contributed by atoms with Gasteiger partial charge in [-0.2, -0.15) is 5.10 Å². The van der Waals surface area contributed by atoms with Gasteiger partial charge in [-0.05, 0) is 70.5 Å². The van der Waals surface area contributed by atoms with Crippen molar-refractivity contribution in [2.45, 2.75) is 0 Å². The highest BCUT2D eigenvalue weighted by molar-refractivity contribution is 9.11. The van der Waals surface area contributed by atoms with Crippen molar-refractivity contribution in [3.63, 3.8) is 0 Å². The molecule has 0 fully saturated rings. The van der Waals surface area contributed by atoms with E-state index in [1.165, 1.54) is 13.3 Å². The van der Waals surface area contributed by atoms with Crippen molar-refractivity contribution in [1.82, 2.24) is 10.4 Å². The van der Waals surface area contributed by atoms with Crippen LogP contribution in [0.2, 0.25) is 5.02 Å². The van der Waals surface area contributed by atoms with Gasteiger partial charge in [0.15, 0.2) is 5.75 Å². The summed E-state index contributed by atoms with van der Waals surface area (Å²) in [5, 5.41) is 5.50. The largest absolute Gasteiger partial charge is 0.497 e. The fourth-order valence-corrected chi connectivity index (χ4v) is 6.11. The molecule has 1 aromatic heterocycles. The molecule has 41 heavy (non-hydrogen) atoms. The Morgan fingerprint density at radius 3 is 2.54 bits per heavy atom. The summed E-state index contributed by atoms with van der Waals surface area (Å²) in [6.45, 7) is 0. The van der Waals surface area contributed by atoms with Gasteiger partial charge in [-0.3, -0.25) is 4.79 Å². The van der Waals surface area contributed by atoms with Crippen LogP contribution < -0.4 is 14.9 Å². The van der Waals surface area contributed by atoms with E-state index in [1.807, 2.05) is 36.4 Å². The number of hydrogen-bond donors (Lipinski definition) is 2. The summed E-state index contributed by atoms with van der Waals surface area (Å²) >= 11 is 16.9. The first-order valence-electron chi connectivity index (χ1n) is 12.0. The van der Waals surface area contributed by atoms with Gasteiger partial charge in [0.25, 0.3) is 5.91 Å². The fraction of sp³-hybridized carbons (Fsp3) is 0.0333. The molecule has 2 N–H and O–H groups in total. The summed E-state index contributed by atoms with van der Waals surface area (Å²) in [6, 6.07) is 23.1. The third kappa shape index (κ3) is 6.41. The van der Waals surface area contributed by atoms with Crippen LogP contribution in [-0.4, -0.2) is 30.2 Å². The van der Waals surface area contributed by atoms with Gasteiger partial charge < -0.3 is 14.5 Å². The summed E-state index contributed by atoms with van der Waals surface area (Å²) in [6.07, 6.45) is 1.40. The predicted molar refractivity (Wildman–Crippen MR) is 171 cm³/mol. The number of nitrogens with one attached hydrogen (secondary N) is 2. The molecule has 0 saturated heterocycles. The number of hydrazone groups is 1. The number of H-pyrrole nitrogens is 1. The zero-order valence-electron chi connectivity index (χ0n) is 21.2. The number of rotatable bonds is 7. The molecular formula is C30H19Br3ClN3O4. The first-order valence-corrected chi connectivity index (χ1v) is 14.8. The summed E-state index contributed by atoms with van der Waals surface area (Å²) in [5.41, 5.74) is 5.74. The van der Waals surface area contributed by atoms with Crippen LogP contribution in [0.5, 0.6) is 11.5 Å². The number of halogens is 4. The van der Waals surface area contributed by atoms with Gasteiger partial charge >= 0.3 is 5.97 Å². The molecule has 0 spiro atoms. The predicted octanol–water partition coefficient (Wildman–Crippen LogP) is 8.77. The Labute approximate surface area is 265 Å². The van der Waals surface area contributed by atoms with E-state index in [0.29, 0.717) is 47.7 Å². The highest BCUT2D eigenvalue weighted by Crippen LogP contribution is 2.38. The van der Waals surface area contributed by atoms with E-state index in [-0.39, 0.29) is 5.75 Å². The van der Waals surface area contributed by atoms with E-state index >= 15 is 0 Å². The number of aromatic amines is 1. The standard InChI is InChI=1S/C30H19Br3ClN3O4/c1-40-20-6-4-5-16(12-20)30(39)41-28-17(11-19(32)14-23(28)33)15-35-37-29(38)27-26(21-7-2-3-8-24(21)34)22-13-18(31)9-10-25(22)36-27/h2-15,36H,1H3,(H,37,38). The van der Waals surface area contributed by atoms with E-state index < -0.39 is 11.9 Å². The number of benzene rings is 4. The SMILES string of the molecule is COc1cccc(C(=O)Oc2c(Br)cc(Br)cc2C=NNC(=O)c2[nH]c3ccc(Br)cc3c2-c2ccccc2Cl)c1. The zero-order chi connectivity index (χ0) is 29.1. The van der Waals surface area contributed by atoms with Crippen LogP contribution in [0.25, 0.3) is 22.0 Å². The quantitative estimate of drug-likeness (QED) is 0.0752. The Hall–Kier alpha value is -3.44. The first-order chi connectivity index (χ1) is 19.7. The van der Waals surface area contributed by atoms with Crippen molar-refractivity contribution < 1.29 is 19.1 Å². The van der Waals surface area contributed by atoms with Gasteiger partial charge in [0.05, 0.1) is 23.4 Å². The monoisotopic (exact) mass is 757 g/mol. The number of nitrogens with zero attached hydrogens (tertiary/aromatic N) is 1. The molecule has 1 heterocycles. The second-order valence-corrected chi connectivity index (χ2v) is 11.8. The van der Waals surface area contributed by atoms with Crippen molar-refractivity contribution in [1.29, 1.82) is 0 Å². The van der Waals surface area contributed by atoms with Crippen molar-refractivity contribution in [2.24, 2.45) is 5.10 Å². The number of carbonyl (C=O) groups is 2. The average molecular weight is 761 g/mol. The van der Waals surface area contributed by atoms with E-state index in [4.69, 9.17) is 21.1 Å². The molecule has 5 aromatic rings. The highest BCUT2D eigenvalue weighted by atomic mass is 79.9. The number of amides is 1. The fourth-order valence-electron chi connectivity index (χ4n) is 4.18. The number of aromatic nitrogens is 1. The molecule has 11 heteroatoms. The van der Waals surface area contributed by atoms with Gasteiger partial charge in [-0.15, -0.1) is 0 Å². The Morgan fingerprint density at radius 2 is 1.76 bits per heavy atom. The number of ether oxygens (including phenoxy) is 2. The molecule has 0 radical (unpaired) electrons. The van der Waals surface area contributed by atoms with Gasteiger partial charge in [-0.25, -0.2) is 10.2 Å². The Bertz CT molecular complexity index is 1840. The van der Waals surface area contributed by atoms with E-state index in [2.05, 4.69) is 63.3 Å². The average Bonchev–Trinajstić information content (AvgIpc) is 3.33. The first kappa shape index (κ1) is 29.1. The second kappa shape index (κ2) is 12.6. The third-order valence-electron chi connectivity index (χ3n) is 6.04. The second-order valence-electron chi connectivity index (χ2n) is 8.67. The molecule has 1 amide bonds. The molecule has 0 saturated carbocycles. The normalized spacial score (nSPS) is 11.1. The van der Waals surface area contributed by atoms with Crippen LogP contribution in [0.1, 0.15) is 26.4 Å². The van der Waals surface area contributed by atoms with E-state index in [1.54, 1.807) is 42.5 Å². The minimum atomic E-state index is -0.584. The maximum absolute atomic E-state index is 13.4. The van der Waals surface area contributed by atoms with Crippen molar-refractivity contribution in [3.05, 3.63) is 114 Å².